The van der Waals surface area contributed by atoms with Crippen LogP contribution in [0.2, 0.25) is 0 Å². The van der Waals surface area contributed by atoms with Gasteiger partial charge in [0.1, 0.15) is 0 Å². The van der Waals surface area contributed by atoms with E-state index in [9.17, 15) is 22.4 Å². The summed E-state index contributed by atoms with van der Waals surface area (Å²) in [4.78, 5) is 15.8. The number of alkyl halides is 4. The first kappa shape index (κ1) is 18.8. The summed E-state index contributed by atoms with van der Waals surface area (Å²) in [5.41, 5.74) is -2.30. The van der Waals surface area contributed by atoms with Crippen molar-refractivity contribution in [2.75, 3.05) is 11.9 Å². The van der Waals surface area contributed by atoms with Gasteiger partial charge in [-0.05, 0) is 36.4 Å². The molecule has 7 nitrogen and oxygen atoms in total. The second-order valence-corrected chi connectivity index (χ2v) is 6.32. The first-order chi connectivity index (χ1) is 13.8. The van der Waals surface area contributed by atoms with Crippen LogP contribution in [0.15, 0.2) is 47.0 Å². The number of rotatable bonds is 4. The molecular weight excluding hydrogens is 394 g/mol. The molecular formula is C18H13F4N5O2. The van der Waals surface area contributed by atoms with E-state index in [1.54, 1.807) is 12.1 Å². The zero-order chi connectivity index (χ0) is 20.6. The molecule has 1 aliphatic rings. The normalized spacial score (nSPS) is 19.2. The monoisotopic (exact) mass is 407 g/mol. The molecule has 1 unspecified atom stereocenters. The number of amides is 1. The van der Waals surface area contributed by atoms with E-state index in [1.165, 1.54) is 18.3 Å². The molecule has 1 amide bonds. The van der Waals surface area contributed by atoms with E-state index in [0.717, 1.165) is 12.1 Å². The molecule has 4 rings (SSSR count). The molecule has 0 bridgehead atoms. The number of aromatic nitrogens is 3. The highest BCUT2D eigenvalue weighted by Gasteiger charge is 2.49. The van der Waals surface area contributed by atoms with Crippen LogP contribution in [0.5, 0.6) is 0 Å². The molecule has 0 aliphatic carbocycles. The van der Waals surface area contributed by atoms with E-state index in [0.29, 0.717) is 11.4 Å². The fourth-order valence-electron chi connectivity index (χ4n) is 2.86. The van der Waals surface area contributed by atoms with Gasteiger partial charge < -0.3 is 15.1 Å². The summed E-state index contributed by atoms with van der Waals surface area (Å²) in [7, 11) is 0. The third-order valence-electron chi connectivity index (χ3n) is 4.38. The molecule has 3 heterocycles. The molecule has 1 aromatic carbocycles. The quantitative estimate of drug-likeness (QED) is 0.643. The smallest absolute Gasteiger partial charge is 0.415 e. The highest BCUT2D eigenvalue weighted by atomic mass is 19.4. The first-order valence-corrected chi connectivity index (χ1v) is 8.48. The second kappa shape index (κ2) is 6.83. The van der Waals surface area contributed by atoms with Crippen LogP contribution in [-0.2, 0) is 16.6 Å². The van der Waals surface area contributed by atoms with Crippen molar-refractivity contribution in [3.05, 3.63) is 54.0 Å². The number of benzene rings is 1. The molecule has 1 fully saturated rings. The van der Waals surface area contributed by atoms with Gasteiger partial charge in [-0.1, -0.05) is 0 Å². The maximum absolute atomic E-state index is 14.8. The Bertz CT molecular complexity index is 1050. The van der Waals surface area contributed by atoms with Crippen molar-refractivity contribution in [1.29, 1.82) is 0 Å². The Balaban J connectivity index is 1.62. The van der Waals surface area contributed by atoms with Crippen molar-refractivity contribution < 1.29 is 26.8 Å². The number of nitrogens with zero attached hydrogens (tertiary/aromatic N) is 3. The lowest BCUT2D eigenvalue weighted by Gasteiger charge is -2.11. The molecule has 11 heteroatoms. The van der Waals surface area contributed by atoms with Gasteiger partial charge in [-0.3, -0.25) is 4.79 Å². The average molecular weight is 407 g/mol. The molecule has 2 aromatic heterocycles. The number of hydrogen-bond donors (Lipinski definition) is 2. The molecule has 1 atom stereocenters. The summed E-state index contributed by atoms with van der Waals surface area (Å²) in [6.07, 6.45) is -3.13. The Kier molecular flexibility index (Phi) is 4.44. The molecule has 29 heavy (non-hydrogen) atoms. The highest BCUT2D eigenvalue weighted by molar-refractivity contribution is 5.87. The lowest BCUT2D eigenvalue weighted by atomic mass is 10.1. The van der Waals surface area contributed by atoms with E-state index >= 15 is 0 Å². The summed E-state index contributed by atoms with van der Waals surface area (Å²) in [5.74, 6) is -1.46. The predicted octanol–water partition coefficient (Wildman–Crippen LogP) is 3.58. The zero-order valence-electron chi connectivity index (χ0n) is 14.6. The Morgan fingerprint density at radius 1 is 1.14 bits per heavy atom. The average Bonchev–Trinajstić information content (AvgIpc) is 3.30. The largest absolute Gasteiger partial charge is 0.416 e. The molecule has 3 aromatic rings. The van der Waals surface area contributed by atoms with Crippen LogP contribution in [0.1, 0.15) is 17.9 Å². The van der Waals surface area contributed by atoms with Crippen molar-refractivity contribution in [3.63, 3.8) is 0 Å². The van der Waals surface area contributed by atoms with Crippen LogP contribution in [0.25, 0.3) is 11.6 Å². The number of pyridine rings is 1. The topological polar surface area (TPSA) is 92.9 Å². The Labute approximate surface area is 161 Å². The van der Waals surface area contributed by atoms with Crippen LogP contribution in [0.3, 0.4) is 0 Å². The Morgan fingerprint density at radius 3 is 2.55 bits per heavy atom. The number of halogens is 4. The van der Waals surface area contributed by atoms with Crippen LogP contribution in [-0.4, -0.2) is 27.6 Å². The minimum atomic E-state index is -4.44. The lowest BCUT2D eigenvalue weighted by molar-refractivity contribution is -0.137. The van der Waals surface area contributed by atoms with Crippen LogP contribution >= 0.6 is 0 Å². The van der Waals surface area contributed by atoms with Gasteiger partial charge in [-0.2, -0.15) is 13.2 Å². The highest BCUT2D eigenvalue weighted by Crippen LogP contribution is 2.35. The van der Waals surface area contributed by atoms with Gasteiger partial charge in [0.2, 0.25) is 0 Å². The Morgan fingerprint density at radius 2 is 1.90 bits per heavy atom. The van der Waals surface area contributed by atoms with Gasteiger partial charge in [-0.15, -0.1) is 10.2 Å². The van der Waals surface area contributed by atoms with Gasteiger partial charge >= 0.3 is 6.18 Å². The Hall–Kier alpha value is -3.50. The standard InChI is InChI=1S/C18H13F4N5O2/c19-17(7-9-24-15(17)28)16-27-26-14(29-16)13-12(2-1-8-23-13)25-11-5-3-10(4-6-11)18(20,21)22/h1-6,8,25H,7,9H2,(H,24,28). The summed E-state index contributed by atoms with van der Waals surface area (Å²) in [5, 5.41) is 12.7. The van der Waals surface area contributed by atoms with E-state index in [4.69, 9.17) is 4.42 Å². The third-order valence-corrected chi connectivity index (χ3v) is 4.38. The predicted molar refractivity (Wildman–Crippen MR) is 92.7 cm³/mol. The molecule has 1 saturated heterocycles. The zero-order valence-corrected chi connectivity index (χ0v) is 14.6. The maximum Gasteiger partial charge on any atom is 0.416 e. The molecule has 150 valence electrons. The van der Waals surface area contributed by atoms with Crippen molar-refractivity contribution in [2.24, 2.45) is 0 Å². The molecule has 0 spiro atoms. The van der Waals surface area contributed by atoms with Gasteiger partial charge in [0, 0.05) is 24.8 Å². The third kappa shape index (κ3) is 3.50. The van der Waals surface area contributed by atoms with Crippen molar-refractivity contribution in [2.45, 2.75) is 18.3 Å². The first-order valence-electron chi connectivity index (χ1n) is 8.48. The van der Waals surface area contributed by atoms with Crippen molar-refractivity contribution in [3.8, 4) is 11.6 Å². The second-order valence-electron chi connectivity index (χ2n) is 6.32. The number of carbonyl (C=O) groups is 1. The van der Waals surface area contributed by atoms with Gasteiger partial charge in [0.15, 0.2) is 5.69 Å². The van der Waals surface area contributed by atoms with E-state index in [2.05, 4.69) is 25.8 Å². The van der Waals surface area contributed by atoms with E-state index in [-0.39, 0.29) is 24.6 Å². The van der Waals surface area contributed by atoms with Gasteiger partial charge in [-0.25, -0.2) is 9.37 Å². The number of carbonyl (C=O) groups excluding carboxylic acids is 1. The minimum absolute atomic E-state index is 0.133. The van der Waals surface area contributed by atoms with Crippen LogP contribution in [0.4, 0.5) is 28.9 Å². The summed E-state index contributed by atoms with van der Waals surface area (Å²) in [6.45, 7) is 0.150. The summed E-state index contributed by atoms with van der Waals surface area (Å²) >= 11 is 0. The molecule has 2 N–H and O–H groups in total. The molecule has 0 saturated carbocycles. The molecule has 0 radical (unpaired) electrons. The maximum atomic E-state index is 14.8. The SMILES string of the molecule is O=C1NCCC1(F)c1nnc(-c2ncccc2Nc2ccc(C(F)(F)F)cc2)o1. The van der Waals surface area contributed by atoms with Gasteiger partial charge in [0.25, 0.3) is 23.4 Å². The van der Waals surface area contributed by atoms with Gasteiger partial charge in [0.05, 0.1) is 11.3 Å². The van der Waals surface area contributed by atoms with Crippen molar-refractivity contribution >= 4 is 17.3 Å². The number of nitrogens with one attached hydrogen (secondary N) is 2. The number of hydrogen-bond acceptors (Lipinski definition) is 6. The summed E-state index contributed by atoms with van der Waals surface area (Å²) in [6, 6.07) is 7.59. The number of anilines is 2. The molecule has 1 aliphatic heterocycles. The fraction of sp³-hybridized carbons (Fsp3) is 0.222. The van der Waals surface area contributed by atoms with E-state index < -0.39 is 29.2 Å². The van der Waals surface area contributed by atoms with Crippen molar-refractivity contribution in [1.82, 2.24) is 20.5 Å². The van der Waals surface area contributed by atoms with Crippen LogP contribution < -0.4 is 10.6 Å². The van der Waals surface area contributed by atoms with Crippen LogP contribution in [0, 0.1) is 0 Å². The minimum Gasteiger partial charge on any atom is -0.415 e. The van der Waals surface area contributed by atoms with E-state index in [1.807, 2.05) is 0 Å². The summed E-state index contributed by atoms with van der Waals surface area (Å²) < 4.78 is 58.3. The lowest BCUT2D eigenvalue weighted by Crippen LogP contribution is -2.31. The fourth-order valence-corrected chi connectivity index (χ4v) is 2.86.